The highest BCUT2D eigenvalue weighted by Crippen LogP contribution is 2.26. The third-order valence-corrected chi connectivity index (χ3v) is 5.50. The highest BCUT2D eigenvalue weighted by molar-refractivity contribution is 14.0. The number of aromatic nitrogens is 2. The molecule has 1 aromatic heterocycles. The molecule has 2 heterocycles. The minimum atomic E-state index is 0. The first-order valence-electron chi connectivity index (χ1n) is 11.0. The summed E-state index contributed by atoms with van der Waals surface area (Å²) in [4.78, 5) is 16.1. The van der Waals surface area contributed by atoms with Crippen LogP contribution in [-0.4, -0.2) is 47.4 Å². The first-order valence-corrected chi connectivity index (χ1v) is 11.0. The normalized spacial score (nSPS) is 14.2. The van der Waals surface area contributed by atoms with Crippen LogP contribution in [0.1, 0.15) is 42.8 Å². The van der Waals surface area contributed by atoms with Crippen LogP contribution in [0.4, 0.5) is 5.69 Å². The lowest BCUT2D eigenvalue weighted by atomic mass is 10.0. The van der Waals surface area contributed by atoms with Gasteiger partial charge in [0.05, 0.1) is 12.2 Å². The van der Waals surface area contributed by atoms with Crippen molar-refractivity contribution in [3.63, 3.8) is 0 Å². The number of ether oxygens (including phenoxy) is 1. The summed E-state index contributed by atoms with van der Waals surface area (Å²) in [7, 11) is 1.98. The van der Waals surface area contributed by atoms with Gasteiger partial charge in [-0.3, -0.25) is 9.48 Å². The number of amides is 1. The summed E-state index contributed by atoms with van der Waals surface area (Å²) in [5.41, 5.74) is 5.56. The van der Waals surface area contributed by atoms with Crippen LogP contribution in [0.3, 0.4) is 0 Å². The Labute approximate surface area is 207 Å². The number of carbonyl (C=O) groups is 1. The van der Waals surface area contributed by atoms with E-state index in [1.807, 2.05) is 29.9 Å². The number of hydrogen-bond acceptors (Lipinski definition) is 4. The second-order valence-corrected chi connectivity index (χ2v) is 8.00. The van der Waals surface area contributed by atoms with Crippen molar-refractivity contribution in [2.24, 2.45) is 12.0 Å². The van der Waals surface area contributed by atoms with Crippen LogP contribution in [0.25, 0.3) is 0 Å². The summed E-state index contributed by atoms with van der Waals surface area (Å²) < 4.78 is 7.81. The van der Waals surface area contributed by atoms with Crippen LogP contribution in [0.15, 0.2) is 23.2 Å². The molecule has 1 unspecified atom stereocenters. The van der Waals surface area contributed by atoms with Gasteiger partial charge in [-0.25, -0.2) is 4.99 Å². The van der Waals surface area contributed by atoms with Gasteiger partial charge in [0.1, 0.15) is 12.4 Å². The number of anilines is 1. The molecule has 1 atom stereocenters. The lowest BCUT2D eigenvalue weighted by Crippen LogP contribution is -2.43. The number of nitrogens with zero attached hydrogens (tertiary/aromatic N) is 3. The fourth-order valence-electron chi connectivity index (χ4n) is 3.79. The molecule has 0 saturated carbocycles. The first kappa shape index (κ1) is 26.0. The van der Waals surface area contributed by atoms with E-state index < -0.39 is 0 Å². The number of carbonyl (C=O) groups excluding carboxylic acids is 1. The number of benzene rings is 1. The molecule has 1 aliphatic rings. The van der Waals surface area contributed by atoms with Crippen LogP contribution in [0.5, 0.6) is 5.75 Å². The van der Waals surface area contributed by atoms with Crippen LogP contribution in [0, 0.1) is 13.8 Å². The molecule has 1 amide bonds. The van der Waals surface area contributed by atoms with E-state index in [1.165, 1.54) is 11.3 Å². The van der Waals surface area contributed by atoms with E-state index in [0.717, 1.165) is 48.0 Å². The van der Waals surface area contributed by atoms with Crippen molar-refractivity contribution in [1.82, 2.24) is 20.4 Å². The Hall–Kier alpha value is -2.30. The minimum absolute atomic E-state index is 0. The number of rotatable bonds is 8. The summed E-state index contributed by atoms with van der Waals surface area (Å²) in [6.07, 6.45) is 2.16. The van der Waals surface area contributed by atoms with Crippen molar-refractivity contribution < 1.29 is 9.53 Å². The van der Waals surface area contributed by atoms with Crippen molar-refractivity contribution in [2.75, 3.05) is 25.0 Å². The lowest BCUT2D eigenvalue weighted by molar-refractivity contribution is -0.116. The second kappa shape index (κ2) is 12.1. The minimum Gasteiger partial charge on any atom is -0.492 e. The Balaban J connectivity index is 0.00000363. The summed E-state index contributed by atoms with van der Waals surface area (Å²) in [6.45, 7) is 10.2. The van der Waals surface area contributed by atoms with E-state index in [0.29, 0.717) is 19.6 Å². The Morgan fingerprint density at radius 1 is 1.34 bits per heavy atom. The van der Waals surface area contributed by atoms with E-state index >= 15 is 0 Å². The molecule has 3 N–H and O–H groups in total. The highest BCUT2D eigenvalue weighted by atomic mass is 127. The molecule has 1 aliphatic heterocycles. The zero-order valence-electron chi connectivity index (χ0n) is 19.6. The fraction of sp³-hybridized carbons (Fsp3) is 0.522. The average molecular weight is 554 g/mol. The first-order chi connectivity index (χ1) is 14.9. The predicted molar refractivity (Wildman–Crippen MR) is 139 cm³/mol. The van der Waals surface area contributed by atoms with Crippen molar-refractivity contribution in [3.05, 3.63) is 40.7 Å². The van der Waals surface area contributed by atoms with Gasteiger partial charge >= 0.3 is 0 Å². The summed E-state index contributed by atoms with van der Waals surface area (Å²) >= 11 is 0. The molecule has 0 fully saturated rings. The molecule has 9 heteroatoms. The van der Waals surface area contributed by atoms with Gasteiger partial charge in [0, 0.05) is 37.4 Å². The molecule has 0 bridgehead atoms. The van der Waals surface area contributed by atoms with E-state index in [-0.39, 0.29) is 35.9 Å². The lowest BCUT2D eigenvalue weighted by Gasteiger charge is -2.19. The van der Waals surface area contributed by atoms with Gasteiger partial charge in [-0.2, -0.15) is 5.10 Å². The van der Waals surface area contributed by atoms with E-state index in [9.17, 15) is 4.79 Å². The largest absolute Gasteiger partial charge is 0.492 e. The topological polar surface area (TPSA) is 92.6 Å². The number of guanidine groups is 1. The molecule has 0 radical (unpaired) electrons. The number of aliphatic imine (C=N–C) groups is 1. The number of aryl methyl sites for hydroxylation is 3. The van der Waals surface area contributed by atoms with Crippen molar-refractivity contribution in [2.45, 2.75) is 53.0 Å². The molecular weight excluding hydrogens is 519 g/mol. The standard InChI is InChI=1S/C23H34N6O2.HI/c1-6-24-23(26-15(2)13-20-16(3)28-29(5)17(20)4)25-11-12-31-19-8-9-21-18(14-19)7-10-22(30)27-21;/h8-9,14-15H,6-7,10-13H2,1-5H3,(H,27,30)(H2,24,25,26);1H. The maximum Gasteiger partial charge on any atom is 0.224 e. The van der Waals surface area contributed by atoms with Crippen LogP contribution in [-0.2, 0) is 24.7 Å². The van der Waals surface area contributed by atoms with Crippen LogP contribution in [0.2, 0.25) is 0 Å². The third kappa shape index (κ3) is 6.85. The number of hydrogen-bond donors (Lipinski definition) is 3. The fourth-order valence-corrected chi connectivity index (χ4v) is 3.79. The van der Waals surface area contributed by atoms with Crippen molar-refractivity contribution in [3.8, 4) is 5.75 Å². The average Bonchev–Trinajstić information content (AvgIpc) is 2.97. The van der Waals surface area contributed by atoms with Gasteiger partial charge in [0.2, 0.25) is 5.91 Å². The molecule has 3 rings (SSSR count). The maximum absolute atomic E-state index is 11.5. The maximum atomic E-state index is 11.5. The molecule has 0 spiro atoms. The zero-order valence-corrected chi connectivity index (χ0v) is 21.9. The smallest absolute Gasteiger partial charge is 0.224 e. The van der Waals surface area contributed by atoms with E-state index in [1.54, 1.807) is 0 Å². The Bertz CT molecular complexity index is 956. The number of nitrogens with one attached hydrogen (secondary N) is 3. The predicted octanol–water partition coefficient (Wildman–Crippen LogP) is 3.10. The number of halogens is 1. The van der Waals surface area contributed by atoms with E-state index in [4.69, 9.17) is 4.74 Å². The molecule has 176 valence electrons. The molecule has 8 nitrogen and oxygen atoms in total. The zero-order chi connectivity index (χ0) is 22.4. The Morgan fingerprint density at radius 3 is 2.81 bits per heavy atom. The third-order valence-electron chi connectivity index (χ3n) is 5.50. The molecule has 32 heavy (non-hydrogen) atoms. The molecule has 0 aliphatic carbocycles. The van der Waals surface area contributed by atoms with Gasteiger partial charge < -0.3 is 20.7 Å². The van der Waals surface area contributed by atoms with Gasteiger partial charge in [-0.05, 0) is 69.9 Å². The second-order valence-electron chi connectivity index (χ2n) is 8.00. The molecule has 1 aromatic carbocycles. The molecule has 2 aromatic rings. The molecule has 0 saturated heterocycles. The quantitative estimate of drug-likeness (QED) is 0.202. The monoisotopic (exact) mass is 554 g/mol. The Morgan fingerprint density at radius 2 is 2.12 bits per heavy atom. The van der Waals surface area contributed by atoms with Gasteiger partial charge in [-0.15, -0.1) is 24.0 Å². The summed E-state index contributed by atoms with van der Waals surface area (Å²) in [5.74, 6) is 1.66. The van der Waals surface area contributed by atoms with E-state index in [2.05, 4.69) is 53.7 Å². The molecular formula is C23H35IN6O2. The van der Waals surface area contributed by atoms with Crippen molar-refractivity contribution in [1.29, 1.82) is 0 Å². The van der Waals surface area contributed by atoms with Crippen LogP contribution < -0.4 is 20.7 Å². The van der Waals surface area contributed by atoms with Gasteiger partial charge in [0.25, 0.3) is 0 Å². The van der Waals surface area contributed by atoms with Crippen LogP contribution >= 0.6 is 24.0 Å². The highest BCUT2D eigenvalue weighted by Gasteiger charge is 2.15. The van der Waals surface area contributed by atoms with Gasteiger partial charge in [0.15, 0.2) is 5.96 Å². The Kier molecular flexibility index (Phi) is 9.80. The number of fused-ring (bicyclic) bond motifs is 1. The van der Waals surface area contributed by atoms with Gasteiger partial charge in [-0.1, -0.05) is 0 Å². The SMILES string of the molecule is CCNC(=NCCOc1ccc2c(c1)CCC(=O)N2)NC(C)Cc1c(C)nn(C)c1C.I. The summed E-state index contributed by atoms with van der Waals surface area (Å²) in [6, 6.07) is 6.01. The summed E-state index contributed by atoms with van der Waals surface area (Å²) in [5, 5.41) is 14.2. The van der Waals surface area contributed by atoms with Crippen molar-refractivity contribution >= 4 is 41.5 Å².